The van der Waals surface area contributed by atoms with Crippen LogP contribution < -0.4 is 3.56 Å². The molecule has 2 rings (SSSR count). The molecular weight excluding hydrogens is 189 g/mol. The Bertz CT molecular complexity index is 318. The van der Waals surface area contributed by atoms with Crippen molar-refractivity contribution in [2.75, 3.05) is 0 Å². The zero-order valence-corrected chi connectivity index (χ0v) is 7.46. The van der Waals surface area contributed by atoms with Crippen LogP contribution in [0.25, 0.3) is 9.65 Å². The van der Waals surface area contributed by atoms with Crippen molar-refractivity contribution < 1.29 is 3.56 Å². The van der Waals surface area contributed by atoms with Crippen LogP contribution in [0.15, 0.2) is 30.5 Å². The van der Waals surface area contributed by atoms with Crippen LogP contribution in [-0.2, 0) is 7.05 Å². The molecule has 0 fully saturated rings. The molecule has 0 saturated heterocycles. The Morgan fingerprint density at radius 3 is 2.90 bits per heavy atom. The van der Waals surface area contributed by atoms with Crippen LogP contribution in [0.3, 0.4) is 0 Å². The zero-order chi connectivity index (χ0) is 6.97. The van der Waals surface area contributed by atoms with Crippen LogP contribution >= 0.6 is 0 Å². The van der Waals surface area contributed by atoms with Crippen molar-refractivity contribution in [1.29, 1.82) is 0 Å². The van der Waals surface area contributed by atoms with E-state index < -0.39 is 0 Å². The molecule has 50 valence electrons. The van der Waals surface area contributed by atoms with E-state index in [1.54, 1.807) is 0 Å². The minimum atomic E-state index is 0.538. The summed E-state index contributed by atoms with van der Waals surface area (Å²) in [5.74, 6) is 0. The molecule has 0 aliphatic rings. The van der Waals surface area contributed by atoms with E-state index in [4.69, 9.17) is 0 Å². The molecule has 1 nitrogen and oxygen atoms in total. The van der Waals surface area contributed by atoms with Gasteiger partial charge in [-0.1, -0.05) is 0 Å². The maximum atomic E-state index is 2.26. The summed E-state index contributed by atoms with van der Waals surface area (Å²) in [4.78, 5) is 0. The molecule has 0 saturated carbocycles. The summed E-state index contributed by atoms with van der Waals surface area (Å²) in [6.45, 7) is 0. The molecule has 0 atom stereocenters. The van der Waals surface area contributed by atoms with Gasteiger partial charge < -0.3 is 0 Å². The Kier molecular flexibility index (Phi) is 1.37. The first-order valence-electron chi connectivity index (χ1n) is 3.21. The van der Waals surface area contributed by atoms with Crippen LogP contribution in [0.1, 0.15) is 0 Å². The molecule has 2 aromatic rings. The van der Waals surface area contributed by atoms with E-state index in [1.807, 2.05) is 0 Å². The molecule has 0 amide bonds. The van der Waals surface area contributed by atoms with Gasteiger partial charge in [-0.2, -0.15) is 0 Å². The van der Waals surface area contributed by atoms with Gasteiger partial charge in [0.15, 0.2) is 0 Å². The number of benzene rings is 1. The number of hydrogen-bond donors (Lipinski definition) is 0. The molecule has 0 radical (unpaired) electrons. The summed E-state index contributed by atoms with van der Waals surface area (Å²) in [5.41, 5.74) is 0. The van der Waals surface area contributed by atoms with Gasteiger partial charge in [0.05, 0.1) is 0 Å². The zero-order valence-electron chi connectivity index (χ0n) is 5.74. The average Bonchev–Trinajstić information content (AvgIpc) is 2.27. The third kappa shape index (κ3) is 0.898. The molecule has 1 heterocycles. The van der Waals surface area contributed by atoms with Gasteiger partial charge in [0.1, 0.15) is 0 Å². The summed E-state index contributed by atoms with van der Waals surface area (Å²) < 4.78 is 3.76. The Hall–Kier alpha value is -0.591. The second-order valence-corrected chi connectivity index (χ2v) is 4.82. The van der Waals surface area contributed by atoms with Gasteiger partial charge in [0, 0.05) is 0 Å². The molecule has 0 spiro atoms. The molecule has 0 aliphatic carbocycles. The van der Waals surface area contributed by atoms with E-state index in [0.717, 1.165) is 0 Å². The number of aromatic nitrogens is 1. The van der Waals surface area contributed by atoms with Crippen molar-refractivity contribution in [3.05, 3.63) is 30.5 Å². The second kappa shape index (κ2) is 2.22. The fourth-order valence-electron chi connectivity index (χ4n) is 1.05. The van der Waals surface area contributed by atoms with E-state index in [9.17, 15) is 0 Å². The molecule has 1 aromatic heterocycles. The predicted molar refractivity (Wildman–Crippen MR) is 42.1 cm³/mol. The summed E-state index contributed by atoms with van der Waals surface area (Å²) in [6.07, 6.45) is 2.20. The molecule has 0 unspecified atom stereocenters. The third-order valence-corrected chi connectivity index (χ3v) is 3.50. The SMILES string of the molecule is C[n+]1cc2ccccc2[se]1. The summed E-state index contributed by atoms with van der Waals surface area (Å²) in [7, 11) is 2.12. The van der Waals surface area contributed by atoms with Crippen molar-refractivity contribution >= 4 is 24.4 Å². The van der Waals surface area contributed by atoms with Crippen molar-refractivity contribution in [2.45, 2.75) is 0 Å². The Balaban J connectivity index is 2.88. The average molecular weight is 197 g/mol. The van der Waals surface area contributed by atoms with Gasteiger partial charge in [0.2, 0.25) is 0 Å². The maximum absolute atomic E-state index is 2.26. The van der Waals surface area contributed by atoms with Crippen molar-refractivity contribution in [3.63, 3.8) is 0 Å². The molecular formula is C8H8NSe+. The van der Waals surface area contributed by atoms with E-state index in [2.05, 4.69) is 41.1 Å². The van der Waals surface area contributed by atoms with E-state index in [0.29, 0.717) is 14.7 Å². The van der Waals surface area contributed by atoms with Gasteiger partial charge in [-0.15, -0.1) is 0 Å². The van der Waals surface area contributed by atoms with Gasteiger partial charge in [0.25, 0.3) is 0 Å². The summed E-state index contributed by atoms with van der Waals surface area (Å²) in [5, 5.41) is 1.39. The van der Waals surface area contributed by atoms with Crippen LogP contribution in [-0.4, -0.2) is 14.7 Å². The molecule has 10 heavy (non-hydrogen) atoms. The Morgan fingerprint density at radius 2 is 2.10 bits per heavy atom. The monoisotopic (exact) mass is 198 g/mol. The topological polar surface area (TPSA) is 3.88 Å². The molecule has 0 bridgehead atoms. The van der Waals surface area contributed by atoms with Crippen LogP contribution in [0.5, 0.6) is 0 Å². The van der Waals surface area contributed by atoms with Crippen molar-refractivity contribution in [1.82, 2.24) is 0 Å². The normalized spacial score (nSPS) is 10.5. The summed E-state index contributed by atoms with van der Waals surface area (Å²) in [6, 6.07) is 8.56. The van der Waals surface area contributed by atoms with Crippen LogP contribution in [0.4, 0.5) is 0 Å². The number of aryl methyl sites for hydroxylation is 1. The first-order chi connectivity index (χ1) is 4.86. The standard InChI is InChI=1S/C8H8NSe/c1-9-6-7-4-2-3-5-8(7)10-9/h2-6H,1H3/q+1. The molecule has 0 aliphatic heterocycles. The number of rotatable bonds is 0. The summed E-state index contributed by atoms with van der Waals surface area (Å²) >= 11 is 0.538. The number of fused-ring (bicyclic) bond motifs is 1. The number of hydrogen-bond acceptors (Lipinski definition) is 0. The molecule has 2 heteroatoms. The first-order valence-corrected chi connectivity index (χ1v) is 4.83. The first kappa shape index (κ1) is 6.14. The third-order valence-electron chi connectivity index (χ3n) is 1.48. The number of nitrogens with zero attached hydrogens (tertiary/aromatic N) is 1. The van der Waals surface area contributed by atoms with Crippen LogP contribution in [0.2, 0.25) is 0 Å². The quantitative estimate of drug-likeness (QED) is 0.548. The fraction of sp³-hybridized carbons (Fsp3) is 0.125. The Labute approximate surface area is 65.9 Å². The van der Waals surface area contributed by atoms with E-state index in [1.165, 1.54) is 9.65 Å². The Morgan fingerprint density at radius 1 is 1.30 bits per heavy atom. The van der Waals surface area contributed by atoms with Gasteiger partial charge >= 0.3 is 65.5 Å². The second-order valence-electron chi connectivity index (χ2n) is 2.30. The van der Waals surface area contributed by atoms with Crippen LogP contribution in [0, 0.1) is 0 Å². The van der Waals surface area contributed by atoms with Gasteiger partial charge in [-0.25, -0.2) is 0 Å². The van der Waals surface area contributed by atoms with Gasteiger partial charge in [-0.3, -0.25) is 0 Å². The van der Waals surface area contributed by atoms with E-state index in [-0.39, 0.29) is 0 Å². The fourth-order valence-corrected chi connectivity index (χ4v) is 2.81. The molecule has 0 N–H and O–H groups in total. The van der Waals surface area contributed by atoms with Crippen molar-refractivity contribution in [2.24, 2.45) is 7.05 Å². The molecule has 1 aromatic carbocycles. The van der Waals surface area contributed by atoms with E-state index >= 15 is 0 Å². The predicted octanol–water partition coefficient (Wildman–Crippen LogP) is 0.721. The van der Waals surface area contributed by atoms with Gasteiger partial charge in [-0.05, 0) is 0 Å². The van der Waals surface area contributed by atoms with Crippen molar-refractivity contribution in [3.8, 4) is 0 Å². The minimum absolute atomic E-state index is 0.538.